The second-order valence-electron chi connectivity index (χ2n) is 7.54. The molecule has 2 aromatic carbocycles. The molecule has 2 heterocycles. The number of nitrogens with one attached hydrogen (secondary N) is 1. The van der Waals surface area contributed by atoms with Crippen molar-refractivity contribution in [1.29, 1.82) is 0 Å². The molecular formula is C23H23N5O4. The fourth-order valence-corrected chi connectivity index (χ4v) is 3.76. The number of amides is 1. The summed E-state index contributed by atoms with van der Waals surface area (Å²) in [5.74, 6) is 0.768. The van der Waals surface area contributed by atoms with Gasteiger partial charge in [0.15, 0.2) is 5.82 Å². The number of hydrogen-bond donors (Lipinski definition) is 1. The Morgan fingerprint density at radius 3 is 2.47 bits per heavy atom. The largest absolute Gasteiger partial charge is 0.494 e. The number of aromatic nitrogens is 2. The average Bonchev–Trinajstić information content (AvgIpc) is 2.85. The molecule has 0 atom stereocenters. The number of benzene rings is 2. The summed E-state index contributed by atoms with van der Waals surface area (Å²) in [6, 6.07) is 17.9. The van der Waals surface area contributed by atoms with Gasteiger partial charge in [0.25, 0.3) is 5.69 Å². The van der Waals surface area contributed by atoms with Crippen molar-refractivity contribution in [2.24, 2.45) is 5.92 Å². The quantitative estimate of drug-likeness (QED) is 0.463. The highest BCUT2D eigenvalue weighted by atomic mass is 16.6. The third-order valence-corrected chi connectivity index (χ3v) is 5.56. The van der Waals surface area contributed by atoms with Gasteiger partial charge in [-0.1, -0.05) is 30.3 Å². The molecule has 1 aliphatic heterocycles. The molecule has 1 aromatic heterocycles. The monoisotopic (exact) mass is 433 g/mol. The van der Waals surface area contributed by atoms with E-state index in [0.29, 0.717) is 31.6 Å². The van der Waals surface area contributed by atoms with E-state index in [9.17, 15) is 14.9 Å². The standard InChI is InChI=1S/C23H23N5O4/c1-32-21-15-18(28(30)31)7-8-20(21)24-23(29)17-11-13-27(14-12-17)22-10-9-19(25-26-22)16-5-3-2-4-6-16/h2-10,15,17H,11-14H2,1H3,(H,24,29). The maximum atomic E-state index is 12.8. The Balaban J connectivity index is 1.35. The minimum atomic E-state index is -0.501. The first-order chi connectivity index (χ1) is 15.5. The number of carbonyl (C=O) groups excluding carboxylic acids is 1. The van der Waals surface area contributed by atoms with Crippen molar-refractivity contribution in [3.8, 4) is 17.0 Å². The van der Waals surface area contributed by atoms with Crippen LogP contribution in [0.25, 0.3) is 11.3 Å². The summed E-state index contributed by atoms with van der Waals surface area (Å²) < 4.78 is 5.20. The minimum Gasteiger partial charge on any atom is -0.494 e. The second-order valence-corrected chi connectivity index (χ2v) is 7.54. The molecule has 1 N–H and O–H groups in total. The van der Waals surface area contributed by atoms with Gasteiger partial charge in [-0.3, -0.25) is 14.9 Å². The number of ether oxygens (including phenoxy) is 1. The molecule has 0 spiro atoms. The number of nitro groups is 1. The molecule has 9 heteroatoms. The van der Waals surface area contributed by atoms with Gasteiger partial charge in [0.2, 0.25) is 5.91 Å². The predicted octanol–water partition coefficient (Wildman–Crippen LogP) is 3.92. The number of methoxy groups -OCH3 is 1. The van der Waals surface area contributed by atoms with E-state index in [1.807, 2.05) is 42.5 Å². The topological polar surface area (TPSA) is 110 Å². The van der Waals surface area contributed by atoms with Crippen molar-refractivity contribution in [2.75, 3.05) is 30.4 Å². The number of non-ortho nitro benzene ring substituents is 1. The molecule has 164 valence electrons. The maximum Gasteiger partial charge on any atom is 0.273 e. The van der Waals surface area contributed by atoms with Gasteiger partial charge >= 0.3 is 0 Å². The Labute approximate surface area is 185 Å². The van der Waals surface area contributed by atoms with E-state index >= 15 is 0 Å². The van der Waals surface area contributed by atoms with Gasteiger partial charge in [0, 0.05) is 30.6 Å². The molecule has 9 nitrogen and oxygen atoms in total. The van der Waals surface area contributed by atoms with Crippen molar-refractivity contribution in [2.45, 2.75) is 12.8 Å². The normalized spacial score (nSPS) is 14.1. The summed E-state index contributed by atoms with van der Waals surface area (Å²) in [7, 11) is 1.41. The van der Waals surface area contributed by atoms with Crippen molar-refractivity contribution < 1.29 is 14.5 Å². The lowest BCUT2D eigenvalue weighted by Gasteiger charge is -2.31. The van der Waals surface area contributed by atoms with E-state index in [1.54, 1.807) is 0 Å². The summed E-state index contributed by atoms with van der Waals surface area (Å²) in [6.07, 6.45) is 1.34. The molecule has 32 heavy (non-hydrogen) atoms. The van der Waals surface area contributed by atoms with Gasteiger partial charge in [-0.05, 0) is 31.0 Å². The van der Waals surface area contributed by atoms with E-state index in [4.69, 9.17) is 4.74 Å². The van der Waals surface area contributed by atoms with Crippen molar-refractivity contribution >= 4 is 23.1 Å². The number of nitro benzene ring substituents is 1. The number of hydrogen-bond acceptors (Lipinski definition) is 7. The van der Waals surface area contributed by atoms with E-state index in [2.05, 4.69) is 20.4 Å². The minimum absolute atomic E-state index is 0.0902. The molecule has 1 fully saturated rings. The third kappa shape index (κ3) is 4.66. The summed E-state index contributed by atoms with van der Waals surface area (Å²) in [4.78, 5) is 25.3. The molecule has 1 aliphatic rings. The van der Waals surface area contributed by atoms with Crippen LogP contribution in [-0.2, 0) is 4.79 Å². The molecule has 0 unspecified atom stereocenters. The van der Waals surface area contributed by atoms with Crippen LogP contribution in [0.3, 0.4) is 0 Å². The molecule has 0 bridgehead atoms. The van der Waals surface area contributed by atoms with E-state index in [1.165, 1.54) is 25.3 Å². The molecule has 3 aromatic rings. The predicted molar refractivity (Wildman–Crippen MR) is 121 cm³/mol. The highest BCUT2D eigenvalue weighted by Gasteiger charge is 2.26. The van der Waals surface area contributed by atoms with Crippen molar-refractivity contribution in [3.63, 3.8) is 0 Å². The number of nitrogens with zero attached hydrogens (tertiary/aromatic N) is 4. The Bertz CT molecular complexity index is 1100. The van der Waals surface area contributed by atoms with Gasteiger partial charge in [-0.25, -0.2) is 0 Å². The molecule has 1 amide bonds. The zero-order valence-corrected chi connectivity index (χ0v) is 17.6. The van der Waals surface area contributed by atoms with Crippen LogP contribution in [0.2, 0.25) is 0 Å². The molecule has 0 aliphatic carbocycles. The van der Waals surface area contributed by atoms with Gasteiger partial charge in [0.05, 0.1) is 29.5 Å². The lowest BCUT2D eigenvalue weighted by molar-refractivity contribution is -0.384. The van der Waals surface area contributed by atoms with Gasteiger partial charge in [-0.2, -0.15) is 0 Å². The Morgan fingerprint density at radius 1 is 1.09 bits per heavy atom. The lowest BCUT2D eigenvalue weighted by atomic mass is 9.95. The Morgan fingerprint density at radius 2 is 1.84 bits per heavy atom. The molecule has 4 rings (SSSR count). The van der Waals surface area contributed by atoms with Crippen LogP contribution in [0.4, 0.5) is 17.2 Å². The fraction of sp³-hybridized carbons (Fsp3) is 0.261. The average molecular weight is 433 g/mol. The highest BCUT2D eigenvalue weighted by Crippen LogP contribution is 2.30. The molecular weight excluding hydrogens is 410 g/mol. The third-order valence-electron chi connectivity index (χ3n) is 5.56. The first-order valence-electron chi connectivity index (χ1n) is 10.3. The van der Waals surface area contributed by atoms with Crippen LogP contribution in [0.5, 0.6) is 5.75 Å². The number of carbonyl (C=O) groups is 1. The van der Waals surface area contributed by atoms with Crippen molar-refractivity contribution in [1.82, 2.24) is 10.2 Å². The summed E-state index contributed by atoms with van der Waals surface area (Å²) in [5.41, 5.74) is 2.17. The maximum absolute atomic E-state index is 12.8. The van der Waals surface area contributed by atoms with Crippen LogP contribution in [0.1, 0.15) is 12.8 Å². The van der Waals surface area contributed by atoms with Crippen LogP contribution in [0, 0.1) is 16.0 Å². The van der Waals surface area contributed by atoms with Gasteiger partial charge in [0.1, 0.15) is 5.75 Å². The van der Waals surface area contributed by atoms with Crippen LogP contribution < -0.4 is 15.0 Å². The first kappa shape index (κ1) is 21.2. The van der Waals surface area contributed by atoms with Crippen LogP contribution >= 0.6 is 0 Å². The van der Waals surface area contributed by atoms with Crippen LogP contribution in [-0.4, -0.2) is 41.2 Å². The first-order valence-corrected chi connectivity index (χ1v) is 10.3. The van der Waals surface area contributed by atoms with E-state index in [-0.39, 0.29) is 23.3 Å². The second kappa shape index (κ2) is 9.42. The number of anilines is 2. The van der Waals surface area contributed by atoms with Gasteiger partial charge in [-0.15, -0.1) is 10.2 Å². The molecule has 0 saturated carbocycles. The number of rotatable bonds is 6. The molecule has 1 saturated heterocycles. The smallest absolute Gasteiger partial charge is 0.273 e. The highest BCUT2D eigenvalue weighted by molar-refractivity contribution is 5.94. The zero-order chi connectivity index (χ0) is 22.5. The lowest BCUT2D eigenvalue weighted by Crippen LogP contribution is -2.38. The Hall–Kier alpha value is -4.01. The van der Waals surface area contributed by atoms with Gasteiger partial charge < -0.3 is 15.0 Å². The summed E-state index contributed by atoms with van der Waals surface area (Å²) >= 11 is 0. The zero-order valence-electron chi connectivity index (χ0n) is 17.6. The fourth-order valence-electron chi connectivity index (χ4n) is 3.76. The van der Waals surface area contributed by atoms with Crippen LogP contribution in [0.15, 0.2) is 60.7 Å². The Kier molecular flexibility index (Phi) is 6.25. The molecule has 0 radical (unpaired) electrons. The summed E-state index contributed by atoms with van der Waals surface area (Å²) in [6.45, 7) is 1.38. The summed E-state index contributed by atoms with van der Waals surface area (Å²) in [5, 5.41) is 22.5. The van der Waals surface area contributed by atoms with E-state index < -0.39 is 4.92 Å². The van der Waals surface area contributed by atoms with E-state index in [0.717, 1.165) is 17.1 Å². The van der Waals surface area contributed by atoms with Crippen molar-refractivity contribution in [3.05, 3.63) is 70.8 Å². The SMILES string of the molecule is COc1cc([N+](=O)[O-])ccc1NC(=O)C1CCN(c2ccc(-c3ccccc3)nn2)CC1. The number of piperidine rings is 1.